The molecule has 0 radical (unpaired) electrons. The molecule has 0 aliphatic rings. The molecule has 0 atom stereocenters. The van der Waals surface area contributed by atoms with Crippen molar-refractivity contribution in [2.24, 2.45) is 0 Å². The molecule has 3 rings (SSSR count). The summed E-state index contributed by atoms with van der Waals surface area (Å²) in [7, 11) is 0. The normalized spacial score (nSPS) is 10.0. The molecule has 0 bridgehead atoms. The molecular weight excluding hydrogens is 377 g/mol. The van der Waals surface area contributed by atoms with E-state index in [0.29, 0.717) is 16.9 Å². The maximum absolute atomic E-state index is 13.7. The van der Waals surface area contributed by atoms with Gasteiger partial charge in [0.1, 0.15) is 5.82 Å². The van der Waals surface area contributed by atoms with Gasteiger partial charge in [-0.25, -0.2) is 4.39 Å². The van der Waals surface area contributed by atoms with Crippen molar-refractivity contribution in [2.75, 3.05) is 10.6 Å². The van der Waals surface area contributed by atoms with E-state index in [1.54, 1.807) is 42.5 Å². The monoisotopic (exact) mass is 393 g/mol. The number of hydrogen-bond acceptors (Lipinski definition) is 3. The summed E-state index contributed by atoms with van der Waals surface area (Å²) in [5, 5.41) is 8.02. The number of amides is 2. The van der Waals surface area contributed by atoms with E-state index in [1.165, 1.54) is 18.2 Å². The minimum absolute atomic E-state index is 0.00568. The smallest absolute Gasteiger partial charge is 0.260 e. The number of hydrogen-bond donors (Lipinski definition) is 3. The second-order valence-electron chi connectivity index (χ2n) is 5.79. The first-order chi connectivity index (χ1) is 13.5. The van der Waals surface area contributed by atoms with Crippen LogP contribution in [0.4, 0.5) is 15.8 Å². The summed E-state index contributed by atoms with van der Waals surface area (Å²) in [6.45, 7) is 0. The second kappa shape index (κ2) is 8.88. The largest absolute Gasteiger partial charge is 0.332 e. The Bertz CT molecular complexity index is 1020. The Kier molecular flexibility index (Phi) is 6.08. The van der Waals surface area contributed by atoms with Gasteiger partial charge in [-0.15, -0.1) is 0 Å². The quantitative estimate of drug-likeness (QED) is 0.581. The van der Waals surface area contributed by atoms with Gasteiger partial charge in [0.2, 0.25) is 0 Å². The van der Waals surface area contributed by atoms with Crippen LogP contribution in [0.1, 0.15) is 20.7 Å². The van der Waals surface area contributed by atoms with E-state index >= 15 is 0 Å². The molecular formula is C21H16FN3O2S. The van der Waals surface area contributed by atoms with E-state index in [-0.39, 0.29) is 16.6 Å². The zero-order valence-electron chi connectivity index (χ0n) is 14.6. The molecule has 3 aromatic rings. The Morgan fingerprint density at radius 1 is 0.750 bits per heavy atom. The Labute approximate surface area is 166 Å². The predicted octanol–water partition coefficient (Wildman–Crippen LogP) is 4.20. The molecule has 0 saturated carbocycles. The van der Waals surface area contributed by atoms with Gasteiger partial charge < -0.3 is 10.6 Å². The van der Waals surface area contributed by atoms with Gasteiger partial charge in [-0.2, -0.15) is 0 Å². The van der Waals surface area contributed by atoms with Crippen LogP contribution in [-0.2, 0) is 0 Å². The van der Waals surface area contributed by atoms with Gasteiger partial charge in [-0.05, 0) is 54.7 Å². The molecule has 2 amide bonds. The summed E-state index contributed by atoms with van der Waals surface area (Å²) in [5.41, 5.74) is 1.50. The van der Waals surface area contributed by atoms with Crippen LogP contribution in [0.2, 0.25) is 0 Å². The fourth-order valence-electron chi connectivity index (χ4n) is 2.44. The summed E-state index contributed by atoms with van der Waals surface area (Å²) in [6.07, 6.45) is 0. The minimum atomic E-state index is -0.659. The zero-order valence-corrected chi connectivity index (χ0v) is 15.4. The lowest BCUT2D eigenvalue weighted by Gasteiger charge is -2.11. The third-order valence-electron chi connectivity index (χ3n) is 3.76. The Balaban J connectivity index is 1.64. The first kappa shape index (κ1) is 19.2. The lowest BCUT2D eigenvalue weighted by Crippen LogP contribution is -2.34. The van der Waals surface area contributed by atoms with E-state index in [9.17, 15) is 14.0 Å². The maximum Gasteiger partial charge on any atom is 0.260 e. The summed E-state index contributed by atoms with van der Waals surface area (Å²) in [5.74, 6) is -1.58. The molecule has 5 nitrogen and oxygen atoms in total. The summed E-state index contributed by atoms with van der Waals surface area (Å²) in [6, 6.07) is 21.3. The summed E-state index contributed by atoms with van der Waals surface area (Å²) >= 11 is 5.10. The number of benzene rings is 3. The number of anilines is 2. The molecule has 0 fully saturated rings. The Morgan fingerprint density at radius 2 is 1.43 bits per heavy atom. The van der Waals surface area contributed by atoms with Gasteiger partial charge >= 0.3 is 0 Å². The third kappa shape index (κ3) is 4.99. The van der Waals surface area contributed by atoms with Crippen molar-refractivity contribution in [1.82, 2.24) is 5.32 Å². The van der Waals surface area contributed by atoms with Gasteiger partial charge in [0.05, 0.1) is 5.56 Å². The predicted molar refractivity (Wildman–Crippen MR) is 111 cm³/mol. The molecule has 0 spiro atoms. The van der Waals surface area contributed by atoms with Crippen LogP contribution in [0.3, 0.4) is 0 Å². The van der Waals surface area contributed by atoms with Crippen molar-refractivity contribution in [1.29, 1.82) is 0 Å². The highest BCUT2D eigenvalue weighted by Gasteiger charge is 2.13. The van der Waals surface area contributed by atoms with Gasteiger partial charge in [-0.1, -0.05) is 36.4 Å². The van der Waals surface area contributed by atoms with Crippen molar-refractivity contribution in [3.8, 4) is 0 Å². The minimum Gasteiger partial charge on any atom is -0.332 e. The number of thiocarbonyl (C=S) groups is 1. The molecule has 0 heterocycles. The average Bonchev–Trinajstić information content (AvgIpc) is 2.69. The Morgan fingerprint density at radius 3 is 2.18 bits per heavy atom. The van der Waals surface area contributed by atoms with E-state index in [4.69, 9.17) is 12.2 Å². The number of carbonyl (C=O) groups is 2. The molecule has 7 heteroatoms. The third-order valence-corrected chi connectivity index (χ3v) is 3.96. The molecule has 0 saturated heterocycles. The Hall–Kier alpha value is -3.58. The van der Waals surface area contributed by atoms with E-state index < -0.39 is 11.7 Å². The van der Waals surface area contributed by atoms with Crippen LogP contribution < -0.4 is 16.0 Å². The standard InChI is InChI=1S/C21H16FN3O2S/c22-18-12-5-4-11-17(18)20(27)25-21(28)24-16-10-6-7-14(13-16)19(26)23-15-8-2-1-3-9-15/h1-13H,(H,23,26)(H2,24,25,27,28). The fraction of sp³-hybridized carbons (Fsp3) is 0. The molecule has 140 valence electrons. The molecule has 3 N–H and O–H groups in total. The highest BCUT2D eigenvalue weighted by atomic mass is 32.1. The second-order valence-corrected chi connectivity index (χ2v) is 6.20. The van der Waals surface area contributed by atoms with Crippen molar-refractivity contribution in [3.63, 3.8) is 0 Å². The first-order valence-corrected chi connectivity index (χ1v) is 8.77. The molecule has 28 heavy (non-hydrogen) atoms. The van der Waals surface area contributed by atoms with E-state index in [2.05, 4.69) is 16.0 Å². The van der Waals surface area contributed by atoms with Crippen molar-refractivity contribution >= 4 is 40.5 Å². The average molecular weight is 393 g/mol. The van der Waals surface area contributed by atoms with E-state index in [1.807, 2.05) is 18.2 Å². The fourth-order valence-corrected chi connectivity index (χ4v) is 2.65. The highest BCUT2D eigenvalue weighted by Crippen LogP contribution is 2.14. The highest BCUT2D eigenvalue weighted by molar-refractivity contribution is 7.80. The molecule has 0 unspecified atom stereocenters. The molecule has 0 aliphatic carbocycles. The number of halogens is 1. The maximum atomic E-state index is 13.7. The van der Waals surface area contributed by atoms with Gasteiger partial charge in [-0.3, -0.25) is 14.9 Å². The molecule has 0 aromatic heterocycles. The number of carbonyl (C=O) groups excluding carboxylic acids is 2. The zero-order chi connectivity index (χ0) is 19.9. The number of para-hydroxylation sites is 1. The lowest BCUT2D eigenvalue weighted by molar-refractivity contribution is 0.0972. The van der Waals surface area contributed by atoms with Crippen molar-refractivity contribution in [2.45, 2.75) is 0 Å². The van der Waals surface area contributed by atoms with Crippen LogP contribution >= 0.6 is 12.2 Å². The van der Waals surface area contributed by atoms with Gasteiger partial charge in [0, 0.05) is 16.9 Å². The van der Waals surface area contributed by atoms with Crippen LogP contribution in [0.5, 0.6) is 0 Å². The van der Waals surface area contributed by atoms with Gasteiger partial charge in [0.25, 0.3) is 11.8 Å². The van der Waals surface area contributed by atoms with Gasteiger partial charge in [0.15, 0.2) is 5.11 Å². The van der Waals surface area contributed by atoms with Crippen molar-refractivity contribution < 1.29 is 14.0 Å². The van der Waals surface area contributed by atoms with Crippen molar-refractivity contribution in [3.05, 3.63) is 95.8 Å². The summed E-state index contributed by atoms with van der Waals surface area (Å²) < 4.78 is 13.7. The van der Waals surface area contributed by atoms with E-state index in [0.717, 1.165) is 0 Å². The number of rotatable bonds is 4. The molecule has 3 aromatic carbocycles. The van der Waals surface area contributed by atoms with Crippen LogP contribution in [0.15, 0.2) is 78.9 Å². The lowest BCUT2D eigenvalue weighted by atomic mass is 10.2. The number of nitrogens with one attached hydrogen (secondary N) is 3. The molecule has 0 aliphatic heterocycles. The summed E-state index contributed by atoms with van der Waals surface area (Å²) in [4.78, 5) is 24.5. The topological polar surface area (TPSA) is 70.2 Å². The van der Waals surface area contributed by atoms with Crippen LogP contribution in [0, 0.1) is 5.82 Å². The SMILES string of the molecule is O=C(Nc1ccccc1)c1cccc(NC(=S)NC(=O)c2ccccc2F)c1. The van der Waals surface area contributed by atoms with Crippen LogP contribution in [0.25, 0.3) is 0 Å². The first-order valence-electron chi connectivity index (χ1n) is 8.36. The van der Waals surface area contributed by atoms with Crippen LogP contribution in [-0.4, -0.2) is 16.9 Å².